The van der Waals surface area contributed by atoms with Gasteiger partial charge in [0.05, 0.1) is 5.56 Å². The zero-order valence-corrected chi connectivity index (χ0v) is 11.4. The van der Waals surface area contributed by atoms with Crippen LogP contribution in [0, 0.1) is 13.8 Å². The number of aromatic nitrogens is 1. The van der Waals surface area contributed by atoms with Crippen molar-refractivity contribution >= 4 is 5.91 Å². The van der Waals surface area contributed by atoms with Gasteiger partial charge in [0.1, 0.15) is 0 Å². The van der Waals surface area contributed by atoms with Crippen molar-refractivity contribution in [1.29, 1.82) is 0 Å². The summed E-state index contributed by atoms with van der Waals surface area (Å²) in [6, 6.07) is 2.31. The van der Waals surface area contributed by atoms with Gasteiger partial charge in [-0.2, -0.15) is 0 Å². The number of amides is 1. The molecule has 1 rings (SSSR count). The van der Waals surface area contributed by atoms with E-state index in [-0.39, 0.29) is 11.9 Å². The summed E-state index contributed by atoms with van der Waals surface area (Å²) < 4.78 is 2.17. The molecule has 0 spiro atoms. The second-order valence-corrected chi connectivity index (χ2v) is 4.86. The third kappa shape index (κ3) is 2.88. The van der Waals surface area contributed by atoms with E-state index < -0.39 is 0 Å². The van der Waals surface area contributed by atoms with Crippen LogP contribution < -0.4 is 11.1 Å². The maximum Gasteiger partial charge on any atom is 0.253 e. The van der Waals surface area contributed by atoms with Crippen LogP contribution in [0.1, 0.15) is 48.6 Å². The van der Waals surface area contributed by atoms with Gasteiger partial charge in [0.2, 0.25) is 0 Å². The highest BCUT2D eigenvalue weighted by Crippen LogP contribution is 2.19. The number of rotatable bonds is 4. The minimum atomic E-state index is -0.0389. The van der Waals surface area contributed by atoms with E-state index in [0.717, 1.165) is 17.0 Å². The summed E-state index contributed by atoms with van der Waals surface area (Å²) in [5, 5.41) is 2.89. The number of hydrogen-bond acceptors (Lipinski definition) is 2. The van der Waals surface area contributed by atoms with E-state index in [2.05, 4.69) is 23.7 Å². The van der Waals surface area contributed by atoms with E-state index in [4.69, 9.17) is 5.73 Å². The molecule has 1 aromatic rings. The Kier molecular flexibility index (Phi) is 4.34. The maximum absolute atomic E-state index is 12.0. The number of aryl methyl sites for hydroxylation is 1. The molecule has 4 heteroatoms. The molecule has 0 saturated carbocycles. The first-order valence-corrected chi connectivity index (χ1v) is 6.07. The topological polar surface area (TPSA) is 60.1 Å². The Morgan fingerprint density at radius 3 is 2.41 bits per heavy atom. The van der Waals surface area contributed by atoms with E-state index in [1.54, 1.807) is 0 Å². The van der Waals surface area contributed by atoms with E-state index in [1.165, 1.54) is 0 Å². The van der Waals surface area contributed by atoms with Crippen molar-refractivity contribution < 1.29 is 4.79 Å². The van der Waals surface area contributed by atoms with E-state index in [0.29, 0.717) is 12.6 Å². The summed E-state index contributed by atoms with van der Waals surface area (Å²) in [6.45, 7) is 10.6. The summed E-state index contributed by atoms with van der Waals surface area (Å²) in [5.74, 6) is -0.0389. The van der Waals surface area contributed by atoms with E-state index >= 15 is 0 Å². The lowest BCUT2D eigenvalue weighted by Crippen LogP contribution is -2.37. The Morgan fingerprint density at radius 1 is 1.41 bits per heavy atom. The molecular formula is C13H23N3O. The van der Waals surface area contributed by atoms with Crippen LogP contribution in [0.3, 0.4) is 0 Å². The van der Waals surface area contributed by atoms with Gasteiger partial charge in [-0.25, -0.2) is 0 Å². The molecule has 96 valence electrons. The largest absolute Gasteiger partial charge is 0.348 e. The molecule has 0 unspecified atom stereocenters. The molecule has 1 amide bonds. The monoisotopic (exact) mass is 237 g/mol. The van der Waals surface area contributed by atoms with Crippen LogP contribution in [0.4, 0.5) is 0 Å². The zero-order chi connectivity index (χ0) is 13.2. The molecule has 3 N–H and O–H groups in total. The first kappa shape index (κ1) is 13.8. The van der Waals surface area contributed by atoms with Crippen LogP contribution in [0.5, 0.6) is 0 Å². The summed E-state index contributed by atoms with van der Waals surface area (Å²) in [4.78, 5) is 12.0. The SMILES string of the molecule is Cc1cc(C(=O)N[C@@H](C)CN)c(C)n1C(C)C. The van der Waals surface area contributed by atoms with Crippen LogP contribution in [-0.2, 0) is 0 Å². The van der Waals surface area contributed by atoms with Crippen LogP contribution in [0.2, 0.25) is 0 Å². The lowest BCUT2D eigenvalue weighted by molar-refractivity contribution is 0.0940. The van der Waals surface area contributed by atoms with Gasteiger partial charge in [0.15, 0.2) is 0 Å². The summed E-state index contributed by atoms with van der Waals surface area (Å²) in [7, 11) is 0. The highest BCUT2D eigenvalue weighted by Gasteiger charge is 2.17. The molecule has 0 aromatic carbocycles. The molecular weight excluding hydrogens is 214 g/mol. The predicted molar refractivity (Wildman–Crippen MR) is 70.3 cm³/mol. The lowest BCUT2D eigenvalue weighted by Gasteiger charge is -2.14. The van der Waals surface area contributed by atoms with Gasteiger partial charge in [-0.05, 0) is 40.7 Å². The lowest BCUT2D eigenvalue weighted by atomic mass is 10.2. The number of nitrogens with zero attached hydrogens (tertiary/aromatic N) is 1. The molecule has 0 aliphatic heterocycles. The first-order valence-electron chi connectivity index (χ1n) is 6.07. The van der Waals surface area contributed by atoms with Crippen molar-refractivity contribution in [3.05, 3.63) is 23.0 Å². The van der Waals surface area contributed by atoms with Crippen LogP contribution >= 0.6 is 0 Å². The average Bonchev–Trinajstić information content (AvgIpc) is 2.53. The Bertz CT molecular complexity index is 407. The molecule has 0 aliphatic rings. The second-order valence-electron chi connectivity index (χ2n) is 4.86. The zero-order valence-electron chi connectivity index (χ0n) is 11.4. The Morgan fingerprint density at radius 2 is 2.00 bits per heavy atom. The van der Waals surface area contributed by atoms with Crippen molar-refractivity contribution in [1.82, 2.24) is 9.88 Å². The molecule has 1 heterocycles. The van der Waals surface area contributed by atoms with Gasteiger partial charge in [-0.15, -0.1) is 0 Å². The van der Waals surface area contributed by atoms with E-state index in [9.17, 15) is 4.79 Å². The van der Waals surface area contributed by atoms with Crippen LogP contribution in [0.25, 0.3) is 0 Å². The van der Waals surface area contributed by atoms with E-state index in [1.807, 2.05) is 26.8 Å². The Labute approximate surface area is 103 Å². The number of carbonyl (C=O) groups is 1. The van der Waals surface area contributed by atoms with Crippen molar-refractivity contribution in [3.63, 3.8) is 0 Å². The highest BCUT2D eigenvalue weighted by molar-refractivity contribution is 5.95. The van der Waals surface area contributed by atoms with Crippen LogP contribution in [-0.4, -0.2) is 23.1 Å². The first-order chi connectivity index (χ1) is 7.88. The molecule has 4 nitrogen and oxygen atoms in total. The van der Waals surface area contributed by atoms with Crippen molar-refractivity contribution in [2.75, 3.05) is 6.54 Å². The average molecular weight is 237 g/mol. The van der Waals surface area contributed by atoms with Gasteiger partial charge >= 0.3 is 0 Å². The summed E-state index contributed by atoms with van der Waals surface area (Å²) in [6.07, 6.45) is 0. The fourth-order valence-electron chi connectivity index (χ4n) is 2.16. The third-order valence-electron chi connectivity index (χ3n) is 2.98. The maximum atomic E-state index is 12.0. The molecule has 1 aromatic heterocycles. The number of nitrogens with two attached hydrogens (primary N) is 1. The van der Waals surface area contributed by atoms with Crippen molar-refractivity contribution in [2.45, 2.75) is 46.7 Å². The molecule has 0 bridgehead atoms. The van der Waals surface area contributed by atoms with Gasteiger partial charge in [-0.1, -0.05) is 0 Å². The minimum absolute atomic E-state index is 0.00426. The molecule has 0 fully saturated rings. The third-order valence-corrected chi connectivity index (χ3v) is 2.98. The smallest absolute Gasteiger partial charge is 0.253 e. The number of hydrogen-bond donors (Lipinski definition) is 2. The van der Waals surface area contributed by atoms with Gasteiger partial charge < -0.3 is 15.6 Å². The highest BCUT2D eigenvalue weighted by atomic mass is 16.1. The standard InChI is InChI=1S/C13H23N3O/c1-8(2)16-10(4)6-12(11(16)5)13(17)15-9(3)7-14/h6,8-9H,7,14H2,1-5H3,(H,15,17)/t9-/m0/s1. The predicted octanol–water partition coefficient (Wildman–Crippen LogP) is 1.76. The Hall–Kier alpha value is -1.29. The minimum Gasteiger partial charge on any atom is -0.348 e. The molecule has 0 saturated heterocycles. The fourth-order valence-corrected chi connectivity index (χ4v) is 2.16. The van der Waals surface area contributed by atoms with Crippen molar-refractivity contribution in [3.8, 4) is 0 Å². The Balaban J connectivity index is 3.00. The summed E-state index contributed by atoms with van der Waals surface area (Å²) >= 11 is 0. The quantitative estimate of drug-likeness (QED) is 0.838. The van der Waals surface area contributed by atoms with Gasteiger partial charge in [0.25, 0.3) is 5.91 Å². The van der Waals surface area contributed by atoms with Gasteiger partial charge in [0, 0.05) is 30.0 Å². The molecule has 1 atom stereocenters. The summed E-state index contributed by atoms with van der Waals surface area (Å²) in [5.41, 5.74) is 8.37. The molecule has 0 aliphatic carbocycles. The number of nitrogens with one attached hydrogen (secondary N) is 1. The normalized spacial score (nSPS) is 12.9. The number of carbonyl (C=O) groups excluding carboxylic acids is 1. The second kappa shape index (κ2) is 5.36. The molecule has 0 radical (unpaired) electrons. The molecule has 17 heavy (non-hydrogen) atoms. The van der Waals surface area contributed by atoms with Crippen molar-refractivity contribution in [2.24, 2.45) is 5.73 Å². The van der Waals surface area contributed by atoms with Gasteiger partial charge in [-0.3, -0.25) is 4.79 Å². The fraction of sp³-hybridized carbons (Fsp3) is 0.615. The van der Waals surface area contributed by atoms with Crippen LogP contribution in [0.15, 0.2) is 6.07 Å².